The molecular weight excluding hydrogens is 294 g/mol. The lowest BCUT2D eigenvalue weighted by atomic mass is 9.90. The van der Waals surface area contributed by atoms with Gasteiger partial charge in [0.15, 0.2) is 0 Å². The number of benzene rings is 1. The first-order valence-electron chi connectivity index (χ1n) is 7.64. The van der Waals surface area contributed by atoms with Crippen LogP contribution in [0, 0.1) is 12.8 Å². The van der Waals surface area contributed by atoms with Gasteiger partial charge in [0.05, 0.1) is 17.7 Å². The molecule has 1 N–H and O–H groups in total. The van der Waals surface area contributed by atoms with Crippen molar-refractivity contribution in [1.29, 1.82) is 0 Å². The van der Waals surface area contributed by atoms with Crippen molar-refractivity contribution in [2.45, 2.75) is 33.1 Å². The summed E-state index contributed by atoms with van der Waals surface area (Å²) in [5.41, 5.74) is 3.17. The number of carbonyl (C=O) groups excluding carboxylic acids is 1. The zero-order valence-corrected chi connectivity index (χ0v) is 14.0. The fourth-order valence-corrected chi connectivity index (χ4v) is 4.02. The van der Waals surface area contributed by atoms with Gasteiger partial charge in [-0.15, -0.1) is 11.3 Å². The minimum atomic E-state index is -0.0454. The number of amides is 1. The van der Waals surface area contributed by atoms with Crippen LogP contribution in [0.5, 0.6) is 5.75 Å². The van der Waals surface area contributed by atoms with Crippen molar-refractivity contribution in [2.75, 3.05) is 12.4 Å². The van der Waals surface area contributed by atoms with Gasteiger partial charge in [-0.25, -0.2) is 0 Å². The standard InChI is InChI=1S/C18H21NO2S/c1-11-5-7-16-13(8-11)10-17(22-16)18(20)19-14-9-12(2)4-6-15(14)21-3/h4,6,9-11H,5,7-8H2,1-3H3,(H,19,20)/t11-/m1/s1. The summed E-state index contributed by atoms with van der Waals surface area (Å²) in [6.45, 7) is 4.28. The molecule has 1 aromatic carbocycles. The molecule has 0 unspecified atom stereocenters. The molecule has 1 aliphatic rings. The third kappa shape index (κ3) is 3.02. The molecule has 116 valence electrons. The fourth-order valence-electron chi connectivity index (χ4n) is 2.92. The van der Waals surface area contributed by atoms with Crippen molar-refractivity contribution in [1.82, 2.24) is 0 Å². The van der Waals surface area contributed by atoms with Gasteiger partial charge < -0.3 is 10.1 Å². The predicted octanol–water partition coefficient (Wildman–Crippen LogP) is 4.44. The van der Waals surface area contributed by atoms with Gasteiger partial charge >= 0.3 is 0 Å². The van der Waals surface area contributed by atoms with Gasteiger partial charge in [-0.3, -0.25) is 4.79 Å². The number of aryl methyl sites for hydroxylation is 2. The topological polar surface area (TPSA) is 38.3 Å². The Hall–Kier alpha value is -1.81. The molecule has 2 aromatic rings. The molecule has 0 spiro atoms. The summed E-state index contributed by atoms with van der Waals surface area (Å²) >= 11 is 1.63. The van der Waals surface area contributed by atoms with Gasteiger partial charge in [0.2, 0.25) is 0 Å². The van der Waals surface area contributed by atoms with Crippen molar-refractivity contribution < 1.29 is 9.53 Å². The maximum Gasteiger partial charge on any atom is 0.265 e. The van der Waals surface area contributed by atoms with Gasteiger partial charge in [-0.05, 0) is 61.4 Å². The number of thiophene rings is 1. The molecule has 1 amide bonds. The molecule has 1 atom stereocenters. The molecule has 1 aromatic heterocycles. The first kappa shape index (κ1) is 15.1. The minimum Gasteiger partial charge on any atom is -0.495 e. The van der Waals surface area contributed by atoms with Crippen molar-refractivity contribution >= 4 is 22.9 Å². The summed E-state index contributed by atoms with van der Waals surface area (Å²) in [6.07, 6.45) is 3.41. The van der Waals surface area contributed by atoms with E-state index in [1.807, 2.05) is 25.1 Å². The van der Waals surface area contributed by atoms with Crippen LogP contribution in [0.4, 0.5) is 5.69 Å². The largest absolute Gasteiger partial charge is 0.495 e. The Labute approximate surface area is 135 Å². The Morgan fingerprint density at radius 2 is 2.18 bits per heavy atom. The molecule has 1 heterocycles. The lowest BCUT2D eigenvalue weighted by molar-refractivity contribution is 0.103. The molecule has 1 aliphatic carbocycles. The van der Waals surface area contributed by atoms with Gasteiger partial charge in [-0.1, -0.05) is 13.0 Å². The Bertz CT molecular complexity index is 705. The van der Waals surface area contributed by atoms with Gasteiger partial charge in [0.25, 0.3) is 5.91 Å². The van der Waals surface area contributed by atoms with E-state index in [4.69, 9.17) is 4.74 Å². The summed E-state index contributed by atoms with van der Waals surface area (Å²) in [7, 11) is 1.62. The zero-order chi connectivity index (χ0) is 15.7. The van der Waals surface area contributed by atoms with E-state index in [1.165, 1.54) is 16.9 Å². The zero-order valence-electron chi connectivity index (χ0n) is 13.2. The van der Waals surface area contributed by atoms with Crippen LogP contribution in [0.3, 0.4) is 0 Å². The SMILES string of the molecule is COc1ccc(C)cc1NC(=O)c1cc2c(s1)CC[C@@H](C)C2. The molecule has 0 aliphatic heterocycles. The second-order valence-electron chi connectivity index (χ2n) is 6.06. The van der Waals surface area contributed by atoms with Crippen molar-refractivity contribution in [2.24, 2.45) is 5.92 Å². The monoisotopic (exact) mass is 315 g/mol. The normalized spacial score (nSPS) is 17.0. The van der Waals surface area contributed by atoms with Crippen LogP contribution < -0.4 is 10.1 Å². The molecule has 3 rings (SSSR count). The maximum absolute atomic E-state index is 12.5. The van der Waals surface area contributed by atoms with Gasteiger partial charge in [0.1, 0.15) is 5.75 Å². The Morgan fingerprint density at radius 3 is 2.95 bits per heavy atom. The highest BCUT2D eigenvalue weighted by Crippen LogP contribution is 2.33. The molecule has 0 saturated carbocycles. The lowest BCUT2D eigenvalue weighted by Crippen LogP contribution is -2.11. The van der Waals surface area contributed by atoms with Crippen LogP contribution >= 0.6 is 11.3 Å². The summed E-state index contributed by atoms with van der Waals surface area (Å²) in [5.74, 6) is 1.36. The summed E-state index contributed by atoms with van der Waals surface area (Å²) in [6, 6.07) is 7.85. The number of anilines is 1. The summed E-state index contributed by atoms with van der Waals surface area (Å²) in [4.78, 5) is 14.7. The second-order valence-corrected chi connectivity index (χ2v) is 7.20. The quantitative estimate of drug-likeness (QED) is 0.909. The smallest absolute Gasteiger partial charge is 0.265 e. The van der Waals surface area contributed by atoms with E-state index < -0.39 is 0 Å². The van der Waals surface area contributed by atoms with Crippen LogP contribution in [0.1, 0.15) is 39.0 Å². The minimum absolute atomic E-state index is 0.0454. The number of hydrogen-bond acceptors (Lipinski definition) is 3. The van der Waals surface area contributed by atoms with E-state index >= 15 is 0 Å². The lowest BCUT2D eigenvalue weighted by Gasteiger charge is -2.16. The molecule has 0 bridgehead atoms. The fraction of sp³-hybridized carbons (Fsp3) is 0.389. The van der Waals surface area contributed by atoms with Crippen LogP contribution in [0.2, 0.25) is 0 Å². The third-order valence-corrected chi connectivity index (χ3v) is 5.39. The van der Waals surface area contributed by atoms with Crippen molar-refractivity contribution in [3.05, 3.63) is 45.1 Å². The van der Waals surface area contributed by atoms with Crippen molar-refractivity contribution in [3.63, 3.8) is 0 Å². The average Bonchev–Trinajstić information content (AvgIpc) is 2.90. The van der Waals surface area contributed by atoms with E-state index in [0.29, 0.717) is 5.75 Å². The number of fused-ring (bicyclic) bond motifs is 1. The van der Waals surface area contributed by atoms with Crippen LogP contribution in [0.15, 0.2) is 24.3 Å². The molecular formula is C18H21NO2S. The van der Waals surface area contributed by atoms with E-state index in [1.54, 1.807) is 18.4 Å². The van der Waals surface area contributed by atoms with E-state index in [9.17, 15) is 4.79 Å². The van der Waals surface area contributed by atoms with Gasteiger partial charge in [-0.2, -0.15) is 0 Å². The predicted molar refractivity (Wildman–Crippen MR) is 91.2 cm³/mol. The number of nitrogens with one attached hydrogen (secondary N) is 1. The van der Waals surface area contributed by atoms with Crippen LogP contribution in [-0.2, 0) is 12.8 Å². The first-order chi connectivity index (χ1) is 10.6. The third-order valence-electron chi connectivity index (χ3n) is 4.16. The van der Waals surface area contributed by atoms with Crippen molar-refractivity contribution in [3.8, 4) is 5.75 Å². The number of hydrogen-bond donors (Lipinski definition) is 1. The average molecular weight is 315 g/mol. The highest BCUT2D eigenvalue weighted by Gasteiger charge is 2.21. The van der Waals surface area contributed by atoms with Crippen LogP contribution in [-0.4, -0.2) is 13.0 Å². The van der Waals surface area contributed by atoms with E-state index in [0.717, 1.165) is 34.9 Å². The van der Waals surface area contributed by atoms with E-state index in [-0.39, 0.29) is 5.91 Å². The molecule has 4 heteroatoms. The highest BCUT2D eigenvalue weighted by molar-refractivity contribution is 7.14. The highest BCUT2D eigenvalue weighted by atomic mass is 32.1. The van der Waals surface area contributed by atoms with Crippen LogP contribution in [0.25, 0.3) is 0 Å². The summed E-state index contributed by atoms with van der Waals surface area (Å²) in [5, 5.41) is 2.99. The molecule has 0 saturated heterocycles. The maximum atomic E-state index is 12.5. The number of ether oxygens (including phenoxy) is 1. The Balaban J connectivity index is 1.82. The molecule has 0 radical (unpaired) electrons. The van der Waals surface area contributed by atoms with Gasteiger partial charge in [0, 0.05) is 4.88 Å². The Kier molecular flexibility index (Phi) is 4.21. The second kappa shape index (κ2) is 6.13. The number of rotatable bonds is 3. The number of carbonyl (C=O) groups is 1. The van der Waals surface area contributed by atoms with E-state index in [2.05, 4.69) is 18.3 Å². The molecule has 3 nitrogen and oxygen atoms in total. The molecule has 0 fully saturated rings. The first-order valence-corrected chi connectivity index (χ1v) is 8.46. The Morgan fingerprint density at radius 1 is 1.36 bits per heavy atom. The molecule has 22 heavy (non-hydrogen) atoms. The number of methoxy groups -OCH3 is 1. The summed E-state index contributed by atoms with van der Waals surface area (Å²) < 4.78 is 5.32.